The van der Waals surface area contributed by atoms with E-state index in [0.717, 1.165) is 16.9 Å². The number of hydrogen-bond donors (Lipinski definition) is 0. The second-order valence-electron chi connectivity index (χ2n) is 8.50. The van der Waals surface area contributed by atoms with Crippen molar-refractivity contribution >= 4 is 17.9 Å². The molecule has 1 unspecified atom stereocenters. The molecule has 0 spiro atoms. The molecule has 2 aliphatic heterocycles. The predicted molar refractivity (Wildman–Crippen MR) is 129 cm³/mol. The molecule has 2 aliphatic rings. The van der Waals surface area contributed by atoms with Crippen LogP contribution in [0.15, 0.2) is 60.7 Å². The summed E-state index contributed by atoms with van der Waals surface area (Å²) in [6, 6.07) is 17.5. The van der Waals surface area contributed by atoms with Crippen molar-refractivity contribution in [2.45, 2.75) is 19.3 Å². The molecule has 1 atom stereocenters. The van der Waals surface area contributed by atoms with Crippen LogP contribution in [0.2, 0.25) is 0 Å². The summed E-state index contributed by atoms with van der Waals surface area (Å²) >= 11 is 0. The lowest BCUT2D eigenvalue weighted by Crippen LogP contribution is -2.50. The van der Waals surface area contributed by atoms with E-state index < -0.39 is 0 Å². The molecular weight excluding hydrogens is 446 g/mol. The first-order valence-electron chi connectivity index (χ1n) is 11.6. The van der Waals surface area contributed by atoms with Crippen molar-refractivity contribution in [2.75, 3.05) is 33.3 Å². The summed E-state index contributed by atoms with van der Waals surface area (Å²) in [4.78, 5) is 29.3. The molecule has 9 nitrogen and oxygen atoms in total. The van der Waals surface area contributed by atoms with Gasteiger partial charge in [0.15, 0.2) is 5.69 Å². The van der Waals surface area contributed by atoms with Crippen molar-refractivity contribution in [3.63, 3.8) is 0 Å². The van der Waals surface area contributed by atoms with Crippen molar-refractivity contribution in [3.8, 4) is 5.75 Å². The Morgan fingerprint density at radius 1 is 1.03 bits per heavy atom. The van der Waals surface area contributed by atoms with Gasteiger partial charge in [-0.1, -0.05) is 47.7 Å². The fraction of sp³-hybridized carbons (Fsp3) is 0.308. The molecule has 1 aromatic heterocycles. The lowest BCUT2D eigenvalue weighted by molar-refractivity contribution is -0.127. The maximum absolute atomic E-state index is 13.2. The number of aromatic nitrogens is 3. The van der Waals surface area contributed by atoms with Crippen LogP contribution in [0.4, 0.5) is 0 Å². The molecule has 5 rings (SSSR count). The molecule has 2 aromatic carbocycles. The maximum atomic E-state index is 13.2. The van der Waals surface area contributed by atoms with E-state index in [-0.39, 0.29) is 24.5 Å². The molecule has 0 N–H and O–H groups in total. The Labute approximate surface area is 203 Å². The van der Waals surface area contributed by atoms with E-state index in [2.05, 4.69) is 10.3 Å². The predicted octanol–water partition coefficient (Wildman–Crippen LogP) is 2.56. The van der Waals surface area contributed by atoms with Gasteiger partial charge in [-0.25, -0.2) is 4.68 Å². The van der Waals surface area contributed by atoms with Crippen LogP contribution in [-0.4, -0.2) is 69.9 Å². The highest BCUT2D eigenvalue weighted by atomic mass is 16.5. The average molecular weight is 474 g/mol. The van der Waals surface area contributed by atoms with Crippen molar-refractivity contribution in [3.05, 3.63) is 83.2 Å². The zero-order chi connectivity index (χ0) is 24.2. The van der Waals surface area contributed by atoms with Gasteiger partial charge in [0.1, 0.15) is 11.9 Å². The third-order valence-corrected chi connectivity index (χ3v) is 6.36. The third-order valence-electron chi connectivity index (χ3n) is 6.36. The van der Waals surface area contributed by atoms with Crippen LogP contribution < -0.4 is 4.74 Å². The highest BCUT2D eigenvalue weighted by Crippen LogP contribution is 2.27. The quantitative estimate of drug-likeness (QED) is 0.529. The minimum atomic E-state index is -0.174. The highest BCUT2D eigenvalue weighted by Gasteiger charge is 2.31. The lowest BCUT2D eigenvalue weighted by atomic mass is 10.1. The molecule has 3 aromatic rings. The topological polar surface area (TPSA) is 89.8 Å². The summed E-state index contributed by atoms with van der Waals surface area (Å²) in [5, 5.41) is 8.39. The number of benzene rings is 2. The minimum Gasteiger partial charge on any atom is -0.497 e. The summed E-state index contributed by atoms with van der Waals surface area (Å²) < 4.78 is 13.0. The minimum absolute atomic E-state index is 0.0821. The SMILES string of the molecule is COc1cccc(C=CC(=O)N2CCN(C(=O)c3nnn4c3COC(c3ccccc3)C4)CC2)c1. The van der Waals surface area contributed by atoms with Gasteiger partial charge in [-0.2, -0.15) is 0 Å². The summed E-state index contributed by atoms with van der Waals surface area (Å²) in [7, 11) is 1.61. The number of rotatable bonds is 5. The molecule has 1 saturated heterocycles. The molecule has 9 heteroatoms. The maximum Gasteiger partial charge on any atom is 0.276 e. The fourth-order valence-corrected chi connectivity index (χ4v) is 4.34. The van der Waals surface area contributed by atoms with E-state index >= 15 is 0 Å². The van der Waals surface area contributed by atoms with Gasteiger partial charge in [0.05, 0.1) is 26.0 Å². The second kappa shape index (κ2) is 10.1. The Balaban J connectivity index is 1.18. The Kier molecular flexibility index (Phi) is 6.58. The van der Waals surface area contributed by atoms with Crippen LogP contribution in [0.3, 0.4) is 0 Å². The first-order valence-corrected chi connectivity index (χ1v) is 11.6. The Hall–Kier alpha value is -3.98. The first kappa shape index (κ1) is 22.8. The monoisotopic (exact) mass is 473 g/mol. The number of ether oxygens (including phenoxy) is 2. The zero-order valence-electron chi connectivity index (χ0n) is 19.5. The number of methoxy groups -OCH3 is 1. The van der Waals surface area contributed by atoms with Gasteiger partial charge in [0, 0.05) is 32.3 Å². The van der Waals surface area contributed by atoms with E-state index in [1.54, 1.807) is 33.7 Å². The van der Waals surface area contributed by atoms with E-state index in [0.29, 0.717) is 44.1 Å². The fourth-order valence-electron chi connectivity index (χ4n) is 4.34. The average Bonchev–Trinajstić information content (AvgIpc) is 3.35. The first-order chi connectivity index (χ1) is 17.1. The Bertz CT molecular complexity index is 1230. The lowest BCUT2D eigenvalue weighted by Gasteiger charge is -2.34. The van der Waals surface area contributed by atoms with Crippen LogP contribution in [0, 0.1) is 0 Å². The van der Waals surface area contributed by atoms with E-state index in [1.165, 1.54) is 0 Å². The summed E-state index contributed by atoms with van der Waals surface area (Å²) in [5.41, 5.74) is 2.99. The molecule has 0 bridgehead atoms. The van der Waals surface area contributed by atoms with Crippen molar-refractivity contribution in [1.29, 1.82) is 0 Å². The van der Waals surface area contributed by atoms with E-state index in [1.807, 2.05) is 54.6 Å². The van der Waals surface area contributed by atoms with Crippen molar-refractivity contribution < 1.29 is 19.1 Å². The van der Waals surface area contributed by atoms with Crippen LogP contribution in [-0.2, 0) is 22.7 Å². The van der Waals surface area contributed by atoms with Gasteiger partial charge in [-0.15, -0.1) is 5.10 Å². The molecule has 180 valence electrons. The molecule has 2 amide bonds. The Morgan fingerprint density at radius 3 is 2.57 bits per heavy atom. The molecule has 35 heavy (non-hydrogen) atoms. The third kappa shape index (κ3) is 4.95. The number of carbonyl (C=O) groups is 2. The van der Waals surface area contributed by atoms with Crippen molar-refractivity contribution in [1.82, 2.24) is 24.8 Å². The number of piperazine rings is 1. The molecule has 0 radical (unpaired) electrons. The number of fused-ring (bicyclic) bond motifs is 1. The highest BCUT2D eigenvalue weighted by molar-refractivity contribution is 5.94. The molecular formula is C26H27N5O4. The second-order valence-corrected chi connectivity index (χ2v) is 8.50. The number of carbonyl (C=O) groups excluding carboxylic acids is 2. The van der Waals surface area contributed by atoms with Crippen LogP contribution in [0.1, 0.15) is 33.4 Å². The summed E-state index contributed by atoms with van der Waals surface area (Å²) in [6.07, 6.45) is 3.21. The van der Waals surface area contributed by atoms with Gasteiger partial charge in [0.2, 0.25) is 5.91 Å². The van der Waals surface area contributed by atoms with Gasteiger partial charge in [-0.3, -0.25) is 9.59 Å². The zero-order valence-corrected chi connectivity index (χ0v) is 19.5. The molecule has 0 aliphatic carbocycles. The molecule has 1 fully saturated rings. The van der Waals surface area contributed by atoms with Crippen molar-refractivity contribution in [2.24, 2.45) is 0 Å². The molecule has 3 heterocycles. The number of amides is 2. The molecule has 0 saturated carbocycles. The van der Waals surface area contributed by atoms with Crippen LogP contribution >= 0.6 is 0 Å². The van der Waals surface area contributed by atoms with Gasteiger partial charge in [0.25, 0.3) is 5.91 Å². The number of hydrogen-bond acceptors (Lipinski definition) is 6. The number of nitrogens with zero attached hydrogens (tertiary/aromatic N) is 5. The standard InChI is InChI=1S/C26H27N5O4/c1-34-21-9-5-6-19(16-21)10-11-24(32)29-12-14-30(15-13-29)26(33)25-22-18-35-23(17-31(22)28-27-25)20-7-3-2-4-8-20/h2-11,16,23H,12-15,17-18H2,1H3. The van der Waals surface area contributed by atoms with Gasteiger partial charge >= 0.3 is 0 Å². The van der Waals surface area contributed by atoms with E-state index in [4.69, 9.17) is 9.47 Å². The smallest absolute Gasteiger partial charge is 0.276 e. The van der Waals surface area contributed by atoms with Crippen LogP contribution in [0.25, 0.3) is 6.08 Å². The Morgan fingerprint density at radius 2 is 1.80 bits per heavy atom. The van der Waals surface area contributed by atoms with E-state index in [9.17, 15) is 9.59 Å². The van der Waals surface area contributed by atoms with Crippen LogP contribution in [0.5, 0.6) is 5.75 Å². The summed E-state index contributed by atoms with van der Waals surface area (Å²) in [6.45, 7) is 2.60. The normalized spacial score (nSPS) is 17.9. The van der Waals surface area contributed by atoms with Gasteiger partial charge in [-0.05, 0) is 29.3 Å². The summed E-state index contributed by atoms with van der Waals surface area (Å²) in [5.74, 6) is 0.483. The van der Waals surface area contributed by atoms with Gasteiger partial charge < -0.3 is 19.3 Å². The largest absolute Gasteiger partial charge is 0.497 e.